The molecule has 0 saturated carbocycles. The standard InChI is InChI=1S/C22H28ClN5O3/c1-13(2)18-16-12-15(23)6-7-17(16)28(25-18)20-24-19(31-26-20)14-8-10-27(11-9-14)21(29)30-22(3,4)5/h6-7,12-14H,8-11H2,1-5H3. The molecule has 1 saturated heterocycles. The number of hydrogen-bond acceptors (Lipinski definition) is 6. The van der Waals surface area contributed by atoms with Crippen LogP contribution in [-0.4, -0.2) is 49.6 Å². The van der Waals surface area contributed by atoms with Crippen LogP contribution >= 0.6 is 11.6 Å². The molecule has 3 aromatic rings. The molecule has 1 amide bonds. The molecule has 166 valence electrons. The molecule has 0 atom stereocenters. The molecule has 1 fully saturated rings. The molecule has 1 aliphatic heterocycles. The third-order valence-corrected chi connectivity index (χ3v) is 5.57. The van der Waals surface area contributed by atoms with Crippen molar-refractivity contribution in [3.8, 4) is 5.95 Å². The van der Waals surface area contributed by atoms with Crippen LogP contribution in [0.2, 0.25) is 5.02 Å². The lowest BCUT2D eigenvalue weighted by molar-refractivity contribution is 0.0198. The first-order valence-corrected chi connectivity index (χ1v) is 11.0. The number of carbonyl (C=O) groups excluding carboxylic acids is 1. The Hall–Kier alpha value is -2.61. The number of amides is 1. The third kappa shape index (κ3) is 4.54. The second-order valence-electron chi connectivity index (χ2n) is 9.29. The number of likely N-dealkylation sites (tertiary alicyclic amines) is 1. The van der Waals surface area contributed by atoms with Crippen LogP contribution in [0.1, 0.15) is 70.9 Å². The van der Waals surface area contributed by atoms with E-state index in [1.165, 1.54) is 0 Å². The van der Waals surface area contributed by atoms with Gasteiger partial charge in [0.15, 0.2) is 0 Å². The van der Waals surface area contributed by atoms with Gasteiger partial charge in [-0.3, -0.25) is 0 Å². The normalized spacial score (nSPS) is 15.8. The molecular formula is C22H28ClN5O3. The van der Waals surface area contributed by atoms with Crippen molar-refractivity contribution in [2.75, 3.05) is 13.1 Å². The number of nitrogens with zero attached hydrogens (tertiary/aromatic N) is 5. The van der Waals surface area contributed by atoms with Crippen molar-refractivity contribution in [1.29, 1.82) is 0 Å². The van der Waals surface area contributed by atoms with Crippen molar-refractivity contribution in [2.45, 2.75) is 64.9 Å². The van der Waals surface area contributed by atoms with Gasteiger partial charge in [0.25, 0.3) is 5.95 Å². The van der Waals surface area contributed by atoms with Gasteiger partial charge >= 0.3 is 6.09 Å². The third-order valence-electron chi connectivity index (χ3n) is 5.33. The van der Waals surface area contributed by atoms with Crippen LogP contribution in [0, 0.1) is 0 Å². The lowest BCUT2D eigenvalue weighted by Crippen LogP contribution is -2.41. The Kier molecular flexibility index (Phi) is 5.68. The van der Waals surface area contributed by atoms with Gasteiger partial charge in [0.2, 0.25) is 5.89 Å². The number of aromatic nitrogens is 4. The summed E-state index contributed by atoms with van der Waals surface area (Å²) in [5.74, 6) is 1.30. The summed E-state index contributed by atoms with van der Waals surface area (Å²) >= 11 is 6.20. The number of ether oxygens (including phenoxy) is 1. The van der Waals surface area contributed by atoms with E-state index in [9.17, 15) is 4.79 Å². The zero-order valence-electron chi connectivity index (χ0n) is 18.6. The fourth-order valence-corrected chi connectivity index (χ4v) is 3.98. The Morgan fingerprint density at radius 3 is 2.61 bits per heavy atom. The summed E-state index contributed by atoms with van der Waals surface area (Å²) in [6, 6.07) is 5.68. The summed E-state index contributed by atoms with van der Waals surface area (Å²) in [7, 11) is 0. The first-order chi connectivity index (χ1) is 14.6. The summed E-state index contributed by atoms with van der Waals surface area (Å²) in [6.07, 6.45) is 1.21. The molecule has 9 heteroatoms. The first-order valence-electron chi connectivity index (χ1n) is 10.6. The van der Waals surface area contributed by atoms with Crippen molar-refractivity contribution in [3.05, 3.63) is 34.8 Å². The van der Waals surface area contributed by atoms with Crippen LogP contribution in [-0.2, 0) is 4.74 Å². The Morgan fingerprint density at radius 1 is 1.26 bits per heavy atom. The van der Waals surface area contributed by atoms with Gasteiger partial charge in [-0.15, -0.1) is 0 Å². The van der Waals surface area contributed by atoms with E-state index in [1.54, 1.807) is 9.58 Å². The quantitative estimate of drug-likeness (QED) is 0.543. The van der Waals surface area contributed by atoms with Crippen molar-refractivity contribution >= 4 is 28.6 Å². The van der Waals surface area contributed by atoms with Crippen molar-refractivity contribution in [1.82, 2.24) is 24.8 Å². The first kappa shape index (κ1) is 21.6. The van der Waals surface area contributed by atoms with Crippen LogP contribution in [0.25, 0.3) is 16.9 Å². The Labute approximate surface area is 186 Å². The van der Waals surface area contributed by atoms with E-state index in [0.29, 0.717) is 30.0 Å². The van der Waals surface area contributed by atoms with E-state index < -0.39 is 5.60 Å². The zero-order chi connectivity index (χ0) is 22.3. The van der Waals surface area contributed by atoms with Crippen molar-refractivity contribution in [3.63, 3.8) is 0 Å². The average molecular weight is 446 g/mol. The largest absolute Gasteiger partial charge is 0.444 e. The summed E-state index contributed by atoms with van der Waals surface area (Å²) in [5.41, 5.74) is 1.33. The number of fused-ring (bicyclic) bond motifs is 1. The maximum absolute atomic E-state index is 12.3. The van der Waals surface area contributed by atoms with Gasteiger partial charge in [0, 0.05) is 29.4 Å². The highest BCUT2D eigenvalue weighted by Crippen LogP contribution is 2.31. The second-order valence-corrected chi connectivity index (χ2v) is 9.72. The number of rotatable bonds is 3. The number of halogens is 1. The lowest BCUT2D eigenvalue weighted by atomic mass is 9.97. The summed E-state index contributed by atoms with van der Waals surface area (Å²) in [6.45, 7) is 11.0. The maximum atomic E-state index is 12.3. The van der Waals surface area contributed by atoms with E-state index in [2.05, 4.69) is 24.0 Å². The molecule has 3 heterocycles. The molecule has 0 bridgehead atoms. The molecule has 8 nitrogen and oxygen atoms in total. The molecule has 31 heavy (non-hydrogen) atoms. The predicted octanol–water partition coefficient (Wildman–Crippen LogP) is 5.30. The molecule has 2 aromatic heterocycles. The number of carbonyl (C=O) groups is 1. The molecule has 0 aliphatic carbocycles. The minimum atomic E-state index is -0.499. The van der Waals surface area contributed by atoms with Gasteiger partial charge < -0.3 is 14.2 Å². The van der Waals surface area contributed by atoms with Crippen LogP contribution < -0.4 is 0 Å². The van der Waals surface area contributed by atoms with Gasteiger partial charge in [0.1, 0.15) is 5.60 Å². The zero-order valence-corrected chi connectivity index (χ0v) is 19.3. The van der Waals surface area contributed by atoms with E-state index in [-0.39, 0.29) is 17.9 Å². The molecule has 1 aromatic carbocycles. The highest BCUT2D eigenvalue weighted by atomic mass is 35.5. The van der Waals surface area contributed by atoms with Gasteiger partial charge in [-0.2, -0.15) is 14.8 Å². The topological polar surface area (TPSA) is 86.3 Å². The highest BCUT2D eigenvalue weighted by molar-refractivity contribution is 6.31. The SMILES string of the molecule is CC(C)c1nn(-c2noc(C3CCN(C(=O)OC(C)(C)C)CC3)n2)c2ccc(Cl)cc12. The minimum Gasteiger partial charge on any atom is -0.444 e. The van der Waals surface area contributed by atoms with Crippen molar-refractivity contribution in [2.24, 2.45) is 0 Å². The molecule has 4 rings (SSSR count). The maximum Gasteiger partial charge on any atom is 0.410 e. The van der Waals surface area contributed by atoms with E-state index in [4.69, 9.17) is 26.0 Å². The molecular weight excluding hydrogens is 418 g/mol. The summed E-state index contributed by atoms with van der Waals surface area (Å²) in [4.78, 5) is 18.7. The number of piperidine rings is 1. The molecule has 0 N–H and O–H groups in total. The Morgan fingerprint density at radius 2 is 1.97 bits per heavy atom. The predicted molar refractivity (Wildman–Crippen MR) is 118 cm³/mol. The monoisotopic (exact) mass is 445 g/mol. The van der Waals surface area contributed by atoms with Gasteiger partial charge in [-0.25, -0.2) is 4.79 Å². The van der Waals surface area contributed by atoms with Gasteiger partial charge in [-0.05, 0) is 62.9 Å². The van der Waals surface area contributed by atoms with E-state index in [0.717, 1.165) is 29.4 Å². The fourth-order valence-electron chi connectivity index (χ4n) is 3.81. The fraction of sp³-hybridized carbons (Fsp3) is 0.545. The van der Waals surface area contributed by atoms with Crippen LogP contribution in [0.5, 0.6) is 0 Å². The van der Waals surface area contributed by atoms with Gasteiger partial charge in [-0.1, -0.05) is 25.4 Å². The lowest BCUT2D eigenvalue weighted by Gasteiger charge is -2.32. The van der Waals surface area contributed by atoms with Crippen LogP contribution in [0.3, 0.4) is 0 Å². The van der Waals surface area contributed by atoms with Gasteiger partial charge in [0.05, 0.1) is 11.2 Å². The molecule has 0 radical (unpaired) electrons. The summed E-state index contributed by atoms with van der Waals surface area (Å²) in [5, 5.41) is 10.6. The van der Waals surface area contributed by atoms with Crippen molar-refractivity contribution < 1.29 is 14.1 Å². The number of benzene rings is 1. The van der Waals surface area contributed by atoms with Crippen LogP contribution in [0.4, 0.5) is 4.79 Å². The highest BCUT2D eigenvalue weighted by Gasteiger charge is 2.30. The minimum absolute atomic E-state index is 0.0979. The molecule has 0 spiro atoms. The average Bonchev–Trinajstić information content (AvgIpc) is 3.31. The smallest absolute Gasteiger partial charge is 0.410 e. The Balaban J connectivity index is 1.52. The molecule has 1 aliphatic rings. The van der Waals surface area contributed by atoms with E-state index >= 15 is 0 Å². The Bertz CT molecular complexity index is 1090. The number of hydrogen-bond donors (Lipinski definition) is 0. The van der Waals surface area contributed by atoms with E-state index in [1.807, 2.05) is 39.0 Å². The van der Waals surface area contributed by atoms with Crippen LogP contribution in [0.15, 0.2) is 22.7 Å². The second kappa shape index (κ2) is 8.15. The summed E-state index contributed by atoms with van der Waals surface area (Å²) < 4.78 is 12.8. The molecule has 0 unspecified atom stereocenters.